The molecule has 0 radical (unpaired) electrons. The second-order valence-electron chi connectivity index (χ2n) is 3.89. The molecule has 0 unspecified atom stereocenters. The first-order valence-electron chi connectivity index (χ1n) is 5.47. The zero-order chi connectivity index (χ0) is 13.5. The Morgan fingerprint density at radius 3 is 2.44 bits per heavy atom. The Balaban J connectivity index is 2.36. The van der Waals surface area contributed by atoms with Crippen LogP contribution in [0, 0.1) is 0 Å². The molecule has 0 heterocycles. The molecule has 1 aromatic rings. The number of hydrogen-bond acceptors (Lipinski definition) is 5. The monoisotopic (exact) mass is 252 g/mol. The zero-order valence-electron chi connectivity index (χ0n) is 9.83. The highest BCUT2D eigenvalue weighted by atomic mass is 16.5. The molecule has 0 aliphatic carbocycles. The molecule has 0 aliphatic rings. The summed E-state index contributed by atoms with van der Waals surface area (Å²) in [6.45, 7) is 0.0971. The molecule has 0 saturated heterocycles. The van der Waals surface area contributed by atoms with Crippen LogP contribution in [0.1, 0.15) is 18.4 Å². The number of nitrogen functional groups attached to an aromatic ring is 1. The van der Waals surface area contributed by atoms with E-state index in [1.807, 2.05) is 0 Å². The maximum Gasteiger partial charge on any atom is 0.323 e. The van der Waals surface area contributed by atoms with Gasteiger partial charge in [-0.1, -0.05) is 12.1 Å². The van der Waals surface area contributed by atoms with Gasteiger partial charge in [-0.3, -0.25) is 9.59 Å². The van der Waals surface area contributed by atoms with Gasteiger partial charge >= 0.3 is 11.9 Å². The van der Waals surface area contributed by atoms with Gasteiger partial charge in [0.25, 0.3) is 0 Å². The average molecular weight is 252 g/mol. The Morgan fingerprint density at radius 1 is 1.28 bits per heavy atom. The lowest BCUT2D eigenvalue weighted by atomic mass is 10.2. The van der Waals surface area contributed by atoms with Crippen molar-refractivity contribution >= 4 is 17.6 Å². The number of anilines is 1. The summed E-state index contributed by atoms with van der Waals surface area (Å²) in [4.78, 5) is 21.7. The lowest BCUT2D eigenvalue weighted by Gasteiger charge is -2.10. The lowest BCUT2D eigenvalue weighted by Crippen LogP contribution is -2.32. The molecule has 0 aromatic heterocycles. The average Bonchev–Trinajstić information content (AvgIpc) is 2.34. The number of carbonyl (C=O) groups is 2. The summed E-state index contributed by atoms with van der Waals surface area (Å²) in [5.74, 6) is -1.59. The van der Waals surface area contributed by atoms with Crippen molar-refractivity contribution in [3.63, 3.8) is 0 Å². The van der Waals surface area contributed by atoms with E-state index < -0.39 is 18.0 Å². The van der Waals surface area contributed by atoms with Gasteiger partial charge in [0.1, 0.15) is 12.6 Å². The molecule has 0 saturated carbocycles. The molecule has 1 aromatic carbocycles. The van der Waals surface area contributed by atoms with E-state index in [9.17, 15) is 9.59 Å². The molecule has 5 N–H and O–H groups in total. The minimum absolute atomic E-state index is 0.0654. The van der Waals surface area contributed by atoms with E-state index in [0.29, 0.717) is 5.69 Å². The van der Waals surface area contributed by atoms with Crippen LogP contribution in [-0.4, -0.2) is 23.1 Å². The Morgan fingerprint density at radius 2 is 1.89 bits per heavy atom. The largest absolute Gasteiger partial charge is 0.481 e. The number of ether oxygens (including phenoxy) is 1. The van der Waals surface area contributed by atoms with Crippen LogP contribution in [0.4, 0.5) is 5.69 Å². The third kappa shape index (κ3) is 4.84. The normalized spacial score (nSPS) is 11.8. The van der Waals surface area contributed by atoms with E-state index in [1.54, 1.807) is 24.3 Å². The van der Waals surface area contributed by atoms with Gasteiger partial charge in [0.15, 0.2) is 0 Å². The fraction of sp³-hybridized carbons (Fsp3) is 0.333. The zero-order valence-corrected chi connectivity index (χ0v) is 9.83. The Bertz CT molecular complexity index is 417. The van der Waals surface area contributed by atoms with Gasteiger partial charge in [0.2, 0.25) is 0 Å². The molecule has 0 bridgehead atoms. The van der Waals surface area contributed by atoms with Crippen LogP contribution in [-0.2, 0) is 20.9 Å². The predicted molar refractivity (Wildman–Crippen MR) is 65.5 cm³/mol. The second kappa shape index (κ2) is 6.61. The van der Waals surface area contributed by atoms with Crippen molar-refractivity contribution in [1.82, 2.24) is 0 Å². The summed E-state index contributed by atoms with van der Waals surface area (Å²) in [7, 11) is 0. The van der Waals surface area contributed by atoms with Crippen molar-refractivity contribution in [1.29, 1.82) is 0 Å². The minimum atomic E-state index is -0.989. The van der Waals surface area contributed by atoms with Crippen LogP contribution in [0.3, 0.4) is 0 Å². The molecular formula is C12H16N2O4. The summed E-state index contributed by atoms with van der Waals surface area (Å²) in [5.41, 5.74) is 12.4. The van der Waals surface area contributed by atoms with Gasteiger partial charge in [-0.2, -0.15) is 0 Å². The predicted octanol–water partition coefficient (Wildman–Crippen LogP) is 0.504. The van der Waals surface area contributed by atoms with Gasteiger partial charge in [-0.25, -0.2) is 0 Å². The van der Waals surface area contributed by atoms with Crippen molar-refractivity contribution in [3.05, 3.63) is 29.8 Å². The third-order valence-corrected chi connectivity index (χ3v) is 2.33. The summed E-state index contributed by atoms with van der Waals surface area (Å²) >= 11 is 0. The quantitative estimate of drug-likeness (QED) is 0.501. The number of carboxylic acid groups (broad SMARTS) is 1. The molecule has 18 heavy (non-hydrogen) atoms. The van der Waals surface area contributed by atoms with Gasteiger partial charge in [0.05, 0.1) is 0 Å². The van der Waals surface area contributed by atoms with Gasteiger partial charge < -0.3 is 21.3 Å². The first-order chi connectivity index (χ1) is 8.49. The van der Waals surface area contributed by atoms with Crippen molar-refractivity contribution in [2.75, 3.05) is 5.73 Å². The number of nitrogens with two attached hydrogens (primary N) is 2. The summed E-state index contributed by atoms with van der Waals surface area (Å²) in [6, 6.07) is 5.98. The van der Waals surface area contributed by atoms with Crippen molar-refractivity contribution < 1.29 is 19.4 Å². The second-order valence-corrected chi connectivity index (χ2v) is 3.89. The van der Waals surface area contributed by atoms with Gasteiger partial charge in [-0.05, 0) is 24.1 Å². The molecule has 0 spiro atoms. The van der Waals surface area contributed by atoms with E-state index in [4.69, 9.17) is 21.3 Å². The summed E-state index contributed by atoms with van der Waals surface area (Å²) < 4.78 is 4.96. The first-order valence-corrected chi connectivity index (χ1v) is 5.47. The number of rotatable bonds is 6. The SMILES string of the molecule is Nc1ccc(COC(=O)[C@@H](N)CCC(=O)O)cc1. The van der Waals surface area contributed by atoms with Crippen molar-refractivity contribution in [2.24, 2.45) is 5.73 Å². The Kier molecular flexibility index (Phi) is 5.13. The minimum Gasteiger partial charge on any atom is -0.481 e. The molecule has 6 nitrogen and oxygen atoms in total. The fourth-order valence-corrected chi connectivity index (χ4v) is 1.27. The molecule has 98 valence electrons. The van der Waals surface area contributed by atoms with Crippen LogP contribution >= 0.6 is 0 Å². The van der Waals surface area contributed by atoms with Crippen LogP contribution in [0.2, 0.25) is 0 Å². The van der Waals surface area contributed by atoms with Crippen LogP contribution < -0.4 is 11.5 Å². The molecule has 0 fully saturated rings. The lowest BCUT2D eigenvalue weighted by molar-refractivity contribution is -0.147. The number of carboxylic acids is 1. The Hall–Kier alpha value is -2.08. The summed E-state index contributed by atoms with van der Waals surface area (Å²) in [6.07, 6.45) is -0.0892. The van der Waals surface area contributed by atoms with E-state index in [-0.39, 0.29) is 19.4 Å². The smallest absolute Gasteiger partial charge is 0.323 e. The van der Waals surface area contributed by atoms with Gasteiger partial charge in [-0.15, -0.1) is 0 Å². The number of hydrogen-bond donors (Lipinski definition) is 3. The molecular weight excluding hydrogens is 236 g/mol. The fourth-order valence-electron chi connectivity index (χ4n) is 1.27. The highest BCUT2D eigenvalue weighted by Gasteiger charge is 2.16. The number of esters is 1. The number of aliphatic carboxylic acids is 1. The number of carbonyl (C=O) groups excluding carboxylic acids is 1. The standard InChI is InChI=1S/C12H16N2O4/c13-9-3-1-8(2-4-9)7-18-12(17)10(14)5-6-11(15)16/h1-4,10H,5-7,13-14H2,(H,15,16)/t10-/m0/s1. The van der Waals surface area contributed by atoms with E-state index in [0.717, 1.165) is 5.56 Å². The molecule has 0 amide bonds. The van der Waals surface area contributed by atoms with Crippen LogP contribution in [0.25, 0.3) is 0 Å². The van der Waals surface area contributed by atoms with Crippen LogP contribution in [0.15, 0.2) is 24.3 Å². The molecule has 1 atom stereocenters. The third-order valence-electron chi connectivity index (χ3n) is 2.33. The highest BCUT2D eigenvalue weighted by Crippen LogP contribution is 2.07. The maximum atomic E-state index is 11.4. The summed E-state index contributed by atoms with van der Waals surface area (Å²) in [5, 5.41) is 8.46. The molecule has 1 rings (SSSR count). The highest BCUT2D eigenvalue weighted by molar-refractivity contribution is 5.76. The van der Waals surface area contributed by atoms with Gasteiger partial charge in [0, 0.05) is 12.1 Å². The van der Waals surface area contributed by atoms with Crippen molar-refractivity contribution in [3.8, 4) is 0 Å². The molecule has 0 aliphatic heterocycles. The van der Waals surface area contributed by atoms with E-state index in [1.165, 1.54) is 0 Å². The topological polar surface area (TPSA) is 116 Å². The number of benzene rings is 1. The molecule has 6 heteroatoms. The van der Waals surface area contributed by atoms with Crippen LogP contribution in [0.5, 0.6) is 0 Å². The maximum absolute atomic E-state index is 11.4. The Labute approximate surface area is 105 Å². The van der Waals surface area contributed by atoms with E-state index >= 15 is 0 Å². The first kappa shape index (κ1) is 14.0. The van der Waals surface area contributed by atoms with Crippen molar-refractivity contribution in [2.45, 2.75) is 25.5 Å². The van der Waals surface area contributed by atoms with E-state index in [2.05, 4.69) is 0 Å².